The largest absolute Gasteiger partial charge is 0.478 e. The van der Waals surface area contributed by atoms with Crippen molar-refractivity contribution in [2.75, 3.05) is 20.1 Å². The van der Waals surface area contributed by atoms with E-state index in [1.165, 1.54) is 18.3 Å². The van der Waals surface area contributed by atoms with E-state index in [9.17, 15) is 9.59 Å². The zero-order valence-electron chi connectivity index (χ0n) is 14.5. The molecule has 2 rings (SSSR count). The Labute approximate surface area is 146 Å². The van der Waals surface area contributed by atoms with Crippen molar-refractivity contribution < 1.29 is 14.7 Å². The Morgan fingerprint density at radius 1 is 1.32 bits per heavy atom. The lowest BCUT2D eigenvalue weighted by Crippen LogP contribution is -2.36. The first kappa shape index (κ1) is 18.6. The van der Waals surface area contributed by atoms with E-state index in [1.54, 1.807) is 18.1 Å². The number of nitrogens with zero attached hydrogens (tertiary/aromatic N) is 4. The number of hydrogen-bond donors (Lipinski definition) is 2. The van der Waals surface area contributed by atoms with Crippen LogP contribution in [0.15, 0.2) is 30.7 Å². The van der Waals surface area contributed by atoms with Crippen LogP contribution < -0.4 is 5.32 Å². The van der Waals surface area contributed by atoms with Crippen LogP contribution in [-0.4, -0.2) is 56.6 Å². The van der Waals surface area contributed by atoms with E-state index in [0.717, 1.165) is 18.7 Å². The summed E-state index contributed by atoms with van der Waals surface area (Å²) in [5, 5.41) is 11.9. The monoisotopic (exact) mass is 345 g/mol. The number of carboxylic acids is 1. The van der Waals surface area contributed by atoms with Crippen molar-refractivity contribution in [3.8, 4) is 0 Å². The highest BCUT2D eigenvalue weighted by Crippen LogP contribution is 2.02. The molecule has 2 heterocycles. The molecule has 0 fully saturated rings. The van der Waals surface area contributed by atoms with Gasteiger partial charge in [-0.2, -0.15) is 0 Å². The molecule has 0 spiro atoms. The number of aromatic carboxylic acids is 1. The van der Waals surface area contributed by atoms with Gasteiger partial charge in [-0.3, -0.25) is 9.78 Å². The van der Waals surface area contributed by atoms with Crippen molar-refractivity contribution in [3.05, 3.63) is 47.8 Å². The Morgan fingerprint density at radius 3 is 2.80 bits per heavy atom. The molecule has 0 bridgehead atoms. The van der Waals surface area contributed by atoms with Crippen LogP contribution in [0.5, 0.6) is 0 Å². The van der Waals surface area contributed by atoms with Crippen LogP contribution in [-0.2, 0) is 24.8 Å². The smallest absolute Gasteiger partial charge is 0.335 e. The van der Waals surface area contributed by atoms with Gasteiger partial charge in [-0.1, -0.05) is 0 Å². The van der Waals surface area contributed by atoms with E-state index in [0.29, 0.717) is 18.8 Å². The average Bonchev–Trinajstić information content (AvgIpc) is 3.00. The molecule has 0 unspecified atom stereocenters. The number of hydrogen-bond acceptors (Lipinski definition) is 5. The van der Waals surface area contributed by atoms with Crippen molar-refractivity contribution >= 4 is 11.9 Å². The van der Waals surface area contributed by atoms with Gasteiger partial charge in [0.2, 0.25) is 5.91 Å². The molecular formula is C17H23N5O3. The summed E-state index contributed by atoms with van der Waals surface area (Å²) in [5.74, 6) is -0.00948. The lowest BCUT2D eigenvalue weighted by Gasteiger charge is -2.17. The van der Waals surface area contributed by atoms with Crippen LogP contribution in [0.25, 0.3) is 0 Å². The number of amides is 1. The SMILES string of the molecule is CN(CCCc1nccn1C)C(=O)CNCc1cc(C(=O)O)ccn1. The number of nitrogens with one attached hydrogen (secondary N) is 1. The molecule has 0 aliphatic heterocycles. The summed E-state index contributed by atoms with van der Waals surface area (Å²) in [6, 6.07) is 2.93. The third-order valence-corrected chi connectivity index (χ3v) is 3.89. The standard InChI is InChI=1S/C17H23N5O3/c1-21-9-7-20-15(21)4-3-8-22(2)16(23)12-18-11-14-10-13(17(24)25)5-6-19-14/h5-7,9-10,18H,3-4,8,11-12H2,1-2H3,(H,24,25). The Balaban J connectivity index is 1.69. The van der Waals surface area contributed by atoms with Crippen LogP contribution in [0.2, 0.25) is 0 Å². The van der Waals surface area contributed by atoms with E-state index in [4.69, 9.17) is 5.11 Å². The fraction of sp³-hybridized carbons (Fsp3) is 0.412. The van der Waals surface area contributed by atoms with E-state index in [1.807, 2.05) is 17.8 Å². The minimum Gasteiger partial charge on any atom is -0.478 e. The lowest BCUT2D eigenvalue weighted by atomic mass is 10.2. The van der Waals surface area contributed by atoms with Crippen LogP contribution in [0.3, 0.4) is 0 Å². The molecule has 8 nitrogen and oxygen atoms in total. The Hall–Kier alpha value is -2.74. The maximum absolute atomic E-state index is 12.1. The van der Waals surface area contributed by atoms with E-state index in [2.05, 4.69) is 15.3 Å². The van der Waals surface area contributed by atoms with Gasteiger partial charge in [0.05, 0.1) is 17.8 Å². The molecule has 0 atom stereocenters. The molecule has 0 aliphatic rings. The third kappa shape index (κ3) is 5.68. The normalized spacial score (nSPS) is 10.6. The van der Waals surface area contributed by atoms with Crippen LogP contribution >= 0.6 is 0 Å². The van der Waals surface area contributed by atoms with Crippen LogP contribution in [0.1, 0.15) is 28.3 Å². The van der Waals surface area contributed by atoms with Gasteiger partial charge in [-0.25, -0.2) is 9.78 Å². The maximum atomic E-state index is 12.1. The van der Waals surface area contributed by atoms with Crippen molar-refractivity contribution in [2.24, 2.45) is 7.05 Å². The van der Waals surface area contributed by atoms with Gasteiger partial charge in [0.25, 0.3) is 0 Å². The quantitative estimate of drug-likeness (QED) is 0.694. The summed E-state index contributed by atoms with van der Waals surface area (Å²) in [4.78, 5) is 33.0. The second kappa shape index (κ2) is 8.93. The summed E-state index contributed by atoms with van der Waals surface area (Å²) in [6.45, 7) is 1.17. The predicted molar refractivity (Wildman–Crippen MR) is 92.1 cm³/mol. The number of rotatable bonds is 9. The average molecular weight is 345 g/mol. The second-order valence-electron chi connectivity index (χ2n) is 5.82. The highest BCUT2D eigenvalue weighted by Gasteiger charge is 2.09. The van der Waals surface area contributed by atoms with Gasteiger partial charge in [0.15, 0.2) is 0 Å². The molecule has 8 heteroatoms. The van der Waals surface area contributed by atoms with Crippen molar-refractivity contribution in [1.82, 2.24) is 24.8 Å². The highest BCUT2D eigenvalue weighted by molar-refractivity contribution is 5.87. The van der Waals surface area contributed by atoms with E-state index in [-0.39, 0.29) is 18.0 Å². The summed E-state index contributed by atoms with van der Waals surface area (Å²) in [6.07, 6.45) is 6.78. The zero-order valence-corrected chi connectivity index (χ0v) is 14.5. The molecule has 0 saturated carbocycles. The van der Waals surface area contributed by atoms with Gasteiger partial charge < -0.3 is 19.9 Å². The van der Waals surface area contributed by atoms with E-state index >= 15 is 0 Å². The molecule has 25 heavy (non-hydrogen) atoms. The molecule has 0 radical (unpaired) electrons. The second-order valence-corrected chi connectivity index (χ2v) is 5.82. The Morgan fingerprint density at radius 2 is 2.12 bits per heavy atom. The number of aryl methyl sites for hydroxylation is 2. The third-order valence-electron chi connectivity index (χ3n) is 3.89. The fourth-order valence-electron chi connectivity index (χ4n) is 2.38. The van der Waals surface area contributed by atoms with Crippen molar-refractivity contribution in [2.45, 2.75) is 19.4 Å². The van der Waals surface area contributed by atoms with Gasteiger partial charge in [-0.05, 0) is 18.6 Å². The maximum Gasteiger partial charge on any atom is 0.335 e. The predicted octanol–water partition coefficient (Wildman–Crippen LogP) is 0.694. The molecule has 2 aromatic heterocycles. The first-order valence-electron chi connectivity index (χ1n) is 8.06. The summed E-state index contributed by atoms with van der Waals surface area (Å²) in [7, 11) is 3.72. The Kier molecular flexibility index (Phi) is 6.64. The summed E-state index contributed by atoms with van der Waals surface area (Å²) in [5.41, 5.74) is 0.773. The molecule has 0 saturated heterocycles. The number of pyridine rings is 1. The van der Waals surface area contributed by atoms with Gasteiger partial charge in [0.1, 0.15) is 5.82 Å². The molecule has 2 N–H and O–H groups in total. The summed E-state index contributed by atoms with van der Waals surface area (Å²) >= 11 is 0. The number of imidazole rings is 1. The zero-order chi connectivity index (χ0) is 18.2. The summed E-state index contributed by atoms with van der Waals surface area (Å²) < 4.78 is 1.97. The fourth-order valence-corrected chi connectivity index (χ4v) is 2.38. The van der Waals surface area contributed by atoms with E-state index < -0.39 is 5.97 Å². The molecule has 0 aliphatic carbocycles. The number of carboxylic acid groups (broad SMARTS) is 1. The highest BCUT2D eigenvalue weighted by atomic mass is 16.4. The molecule has 2 aromatic rings. The number of carbonyl (C=O) groups is 2. The van der Waals surface area contributed by atoms with Gasteiger partial charge in [0, 0.05) is 52.2 Å². The number of aromatic nitrogens is 3. The van der Waals surface area contributed by atoms with Crippen molar-refractivity contribution in [3.63, 3.8) is 0 Å². The lowest BCUT2D eigenvalue weighted by molar-refractivity contribution is -0.129. The van der Waals surface area contributed by atoms with Crippen molar-refractivity contribution in [1.29, 1.82) is 0 Å². The molecular weight excluding hydrogens is 322 g/mol. The topological polar surface area (TPSA) is 100 Å². The molecule has 0 aromatic carbocycles. The molecule has 134 valence electrons. The number of carbonyl (C=O) groups excluding carboxylic acids is 1. The van der Waals surface area contributed by atoms with Crippen LogP contribution in [0, 0.1) is 0 Å². The van der Waals surface area contributed by atoms with Gasteiger partial charge >= 0.3 is 5.97 Å². The first-order valence-corrected chi connectivity index (χ1v) is 8.06. The minimum absolute atomic E-state index is 0.0192. The van der Waals surface area contributed by atoms with Gasteiger partial charge in [-0.15, -0.1) is 0 Å². The Bertz CT molecular complexity index is 729. The van der Waals surface area contributed by atoms with Crippen LogP contribution in [0.4, 0.5) is 0 Å². The first-order chi connectivity index (χ1) is 12.0. The minimum atomic E-state index is -0.993. The number of likely N-dealkylation sites (N-methyl/N-ethyl adjacent to an activating group) is 1. The molecule has 1 amide bonds.